The van der Waals surface area contributed by atoms with Gasteiger partial charge < -0.3 is 19.7 Å². The van der Waals surface area contributed by atoms with Gasteiger partial charge in [-0.3, -0.25) is 4.79 Å². The summed E-state index contributed by atoms with van der Waals surface area (Å²) in [5.74, 6) is 0.318. The van der Waals surface area contributed by atoms with Gasteiger partial charge in [0.25, 0.3) is 0 Å². The summed E-state index contributed by atoms with van der Waals surface area (Å²) in [6.45, 7) is 2.96. The van der Waals surface area contributed by atoms with E-state index in [1.807, 2.05) is 47.4 Å². The van der Waals surface area contributed by atoms with Crippen LogP contribution in [0.25, 0.3) is 10.8 Å². The number of morpholine rings is 1. The molecule has 5 nitrogen and oxygen atoms in total. The summed E-state index contributed by atoms with van der Waals surface area (Å²) >= 11 is 0. The number of hydrogen-bond donors (Lipinski definition) is 1. The molecule has 0 bridgehead atoms. The van der Waals surface area contributed by atoms with Crippen LogP contribution in [-0.2, 0) is 9.53 Å². The predicted octanol–water partition coefficient (Wildman–Crippen LogP) is 4.61. The quantitative estimate of drug-likeness (QED) is 0.580. The summed E-state index contributed by atoms with van der Waals surface area (Å²) in [5, 5.41) is 4.94. The first-order chi connectivity index (χ1) is 14.7. The van der Waals surface area contributed by atoms with E-state index in [4.69, 9.17) is 9.47 Å². The molecular formula is C24H25FN2O3. The number of carbonyl (C=O) groups excluding carboxylic acids is 1. The number of carbonyl (C=O) groups is 1. The highest BCUT2D eigenvalue weighted by Gasteiger charge is 2.15. The van der Waals surface area contributed by atoms with Crippen molar-refractivity contribution in [3.05, 3.63) is 66.5 Å². The van der Waals surface area contributed by atoms with E-state index in [0.717, 1.165) is 16.5 Å². The Morgan fingerprint density at radius 3 is 2.70 bits per heavy atom. The molecule has 0 unspecified atom stereocenters. The molecule has 156 valence electrons. The molecule has 1 heterocycles. The van der Waals surface area contributed by atoms with Crippen molar-refractivity contribution in [1.82, 2.24) is 0 Å². The molecule has 0 aliphatic carbocycles. The maximum Gasteiger partial charge on any atom is 0.224 e. The highest BCUT2D eigenvalue weighted by molar-refractivity contribution is 5.91. The lowest BCUT2D eigenvalue weighted by Gasteiger charge is -2.29. The monoisotopic (exact) mass is 408 g/mol. The van der Waals surface area contributed by atoms with E-state index < -0.39 is 0 Å². The summed E-state index contributed by atoms with van der Waals surface area (Å²) in [7, 11) is 0. The summed E-state index contributed by atoms with van der Waals surface area (Å²) in [6.07, 6.45) is 0.876. The number of benzene rings is 3. The fraction of sp³-hybridized carbons (Fsp3) is 0.292. The van der Waals surface area contributed by atoms with Crippen LogP contribution >= 0.6 is 0 Å². The lowest BCUT2D eigenvalue weighted by Crippen LogP contribution is -2.36. The number of anilines is 2. The van der Waals surface area contributed by atoms with Gasteiger partial charge in [0, 0.05) is 30.6 Å². The van der Waals surface area contributed by atoms with Crippen molar-refractivity contribution in [2.75, 3.05) is 43.1 Å². The third-order valence-corrected chi connectivity index (χ3v) is 5.14. The van der Waals surface area contributed by atoms with Crippen LogP contribution in [-0.4, -0.2) is 38.8 Å². The number of ether oxygens (including phenoxy) is 2. The fourth-order valence-corrected chi connectivity index (χ4v) is 3.61. The Hall–Kier alpha value is -3.12. The Bertz CT molecular complexity index is 1010. The van der Waals surface area contributed by atoms with Crippen molar-refractivity contribution in [1.29, 1.82) is 0 Å². The van der Waals surface area contributed by atoms with E-state index in [2.05, 4.69) is 5.32 Å². The van der Waals surface area contributed by atoms with E-state index in [0.29, 0.717) is 57.1 Å². The minimum atomic E-state index is -0.339. The van der Waals surface area contributed by atoms with Crippen LogP contribution in [0, 0.1) is 5.82 Å². The van der Waals surface area contributed by atoms with Crippen LogP contribution in [0.4, 0.5) is 15.8 Å². The summed E-state index contributed by atoms with van der Waals surface area (Å²) in [6, 6.07) is 18.8. The van der Waals surface area contributed by atoms with Crippen molar-refractivity contribution < 1.29 is 18.7 Å². The van der Waals surface area contributed by atoms with Crippen LogP contribution in [0.15, 0.2) is 60.7 Å². The van der Waals surface area contributed by atoms with Crippen molar-refractivity contribution in [2.24, 2.45) is 0 Å². The van der Waals surface area contributed by atoms with Crippen LogP contribution in [0.1, 0.15) is 12.8 Å². The minimum absolute atomic E-state index is 0.157. The molecule has 0 saturated carbocycles. The van der Waals surface area contributed by atoms with Crippen LogP contribution in [0.3, 0.4) is 0 Å². The number of halogens is 1. The van der Waals surface area contributed by atoms with Crippen molar-refractivity contribution in [3.8, 4) is 5.75 Å². The Balaban J connectivity index is 1.26. The number of fused-ring (bicyclic) bond motifs is 1. The predicted molar refractivity (Wildman–Crippen MR) is 117 cm³/mol. The van der Waals surface area contributed by atoms with Gasteiger partial charge in [-0.05, 0) is 36.1 Å². The van der Waals surface area contributed by atoms with Crippen LogP contribution in [0.2, 0.25) is 0 Å². The average Bonchev–Trinajstić information content (AvgIpc) is 2.77. The maximum absolute atomic E-state index is 14.5. The van der Waals surface area contributed by atoms with Crippen LogP contribution in [0.5, 0.6) is 5.75 Å². The Kier molecular flexibility index (Phi) is 6.44. The molecule has 6 heteroatoms. The lowest BCUT2D eigenvalue weighted by molar-refractivity contribution is -0.116. The zero-order chi connectivity index (χ0) is 20.8. The lowest BCUT2D eigenvalue weighted by atomic mass is 10.1. The third kappa shape index (κ3) is 4.89. The molecule has 1 N–H and O–H groups in total. The van der Waals surface area contributed by atoms with Gasteiger partial charge in [0.2, 0.25) is 5.91 Å². The first-order valence-corrected chi connectivity index (χ1v) is 10.2. The Morgan fingerprint density at radius 1 is 1.07 bits per heavy atom. The van der Waals surface area contributed by atoms with Gasteiger partial charge in [0.1, 0.15) is 11.6 Å². The number of nitrogens with zero attached hydrogens (tertiary/aromatic N) is 1. The first-order valence-electron chi connectivity index (χ1n) is 10.2. The molecule has 1 amide bonds. The van der Waals surface area contributed by atoms with Gasteiger partial charge in [-0.1, -0.05) is 36.4 Å². The fourth-order valence-electron chi connectivity index (χ4n) is 3.61. The molecule has 0 atom stereocenters. The number of amides is 1. The average molecular weight is 408 g/mol. The van der Waals surface area contributed by atoms with Crippen molar-refractivity contribution in [3.63, 3.8) is 0 Å². The van der Waals surface area contributed by atoms with Gasteiger partial charge in [-0.25, -0.2) is 4.39 Å². The van der Waals surface area contributed by atoms with Crippen LogP contribution < -0.4 is 15.0 Å². The summed E-state index contributed by atoms with van der Waals surface area (Å²) in [4.78, 5) is 14.2. The molecule has 1 aliphatic heterocycles. The normalized spacial score (nSPS) is 14.0. The number of nitrogens with one attached hydrogen (secondary N) is 1. The van der Waals surface area contributed by atoms with E-state index in [-0.39, 0.29) is 11.7 Å². The van der Waals surface area contributed by atoms with E-state index >= 15 is 0 Å². The molecule has 30 heavy (non-hydrogen) atoms. The van der Waals surface area contributed by atoms with Crippen molar-refractivity contribution >= 4 is 28.1 Å². The van der Waals surface area contributed by atoms with Crippen molar-refractivity contribution in [2.45, 2.75) is 12.8 Å². The second-order valence-electron chi connectivity index (χ2n) is 7.24. The number of rotatable bonds is 7. The first kappa shape index (κ1) is 20.2. The van der Waals surface area contributed by atoms with Gasteiger partial charge in [-0.15, -0.1) is 0 Å². The zero-order valence-corrected chi connectivity index (χ0v) is 16.8. The topological polar surface area (TPSA) is 50.8 Å². The standard InChI is InChI=1S/C24H25FN2O3/c25-21-17-19(10-11-22(21)27-12-15-29-16-13-27)26-24(28)9-4-14-30-23-8-3-6-18-5-1-2-7-20(18)23/h1-3,5-8,10-11,17H,4,9,12-16H2,(H,26,28). The second kappa shape index (κ2) is 9.59. The van der Waals surface area contributed by atoms with Gasteiger partial charge in [0.15, 0.2) is 0 Å². The number of hydrogen-bond acceptors (Lipinski definition) is 4. The largest absolute Gasteiger partial charge is 0.493 e. The third-order valence-electron chi connectivity index (χ3n) is 5.14. The Labute approximate surface area is 175 Å². The molecular weight excluding hydrogens is 383 g/mol. The van der Waals surface area contributed by atoms with Gasteiger partial charge in [0.05, 0.1) is 25.5 Å². The molecule has 3 aromatic rings. The van der Waals surface area contributed by atoms with E-state index in [9.17, 15) is 9.18 Å². The highest BCUT2D eigenvalue weighted by atomic mass is 19.1. The minimum Gasteiger partial charge on any atom is -0.493 e. The molecule has 1 aliphatic rings. The maximum atomic E-state index is 14.5. The second-order valence-corrected chi connectivity index (χ2v) is 7.24. The summed E-state index contributed by atoms with van der Waals surface area (Å²) < 4.78 is 25.6. The van der Waals surface area contributed by atoms with E-state index in [1.165, 1.54) is 6.07 Å². The smallest absolute Gasteiger partial charge is 0.224 e. The van der Waals surface area contributed by atoms with E-state index in [1.54, 1.807) is 12.1 Å². The SMILES string of the molecule is O=C(CCCOc1cccc2ccccc12)Nc1ccc(N2CCOCC2)c(F)c1. The molecule has 1 fully saturated rings. The highest BCUT2D eigenvalue weighted by Crippen LogP contribution is 2.26. The zero-order valence-electron chi connectivity index (χ0n) is 16.8. The molecule has 4 rings (SSSR count). The van der Waals surface area contributed by atoms with Gasteiger partial charge in [-0.2, -0.15) is 0 Å². The Morgan fingerprint density at radius 2 is 1.87 bits per heavy atom. The summed E-state index contributed by atoms with van der Waals surface area (Å²) in [5.41, 5.74) is 1.00. The molecule has 0 spiro atoms. The molecule has 0 aromatic heterocycles. The van der Waals surface area contributed by atoms with Gasteiger partial charge >= 0.3 is 0 Å². The molecule has 0 radical (unpaired) electrons. The molecule has 3 aromatic carbocycles. The molecule has 1 saturated heterocycles.